The highest BCUT2D eigenvalue weighted by molar-refractivity contribution is 5.53. The molecule has 2 aromatic heterocycles. The lowest BCUT2D eigenvalue weighted by molar-refractivity contribution is 0.295. The molecule has 0 aliphatic carbocycles. The summed E-state index contributed by atoms with van der Waals surface area (Å²) >= 11 is 0. The molecule has 3 aromatic rings. The summed E-state index contributed by atoms with van der Waals surface area (Å²) in [6.07, 6.45) is 7.36. The molecule has 112 valence electrons. The van der Waals surface area contributed by atoms with Gasteiger partial charge in [0.15, 0.2) is 0 Å². The molecule has 0 amide bonds. The van der Waals surface area contributed by atoms with E-state index in [2.05, 4.69) is 40.5 Å². The third-order valence-electron chi connectivity index (χ3n) is 3.62. The summed E-state index contributed by atoms with van der Waals surface area (Å²) in [4.78, 5) is 8.56. The Morgan fingerprint density at radius 3 is 2.59 bits per heavy atom. The second-order valence-corrected chi connectivity index (χ2v) is 5.26. The molecule has 0 bridgehead atoms. The quantitative estimate of drug-likeness (QED) is 0.721. The van der Waals surface area contributed by atoms with Gasteiger partial charge in [-0.25, -0.2) is 4.98 Å². The minimum atomic E-state index is 0.606. The molecular weight excluding hydrogens is 274 g/mol. The normalized spacial score (nSPS) is 10.6. The predicted octanol–water partition coefficient (Wildman–Crippen LogP) is 3.64. The molecule has 1 aromatic carbocycles. The van der Waals surface area contributed by atoms with Crippen LogP contribution in [0.2, 0.25) is 0 Å². The molecule has 0 unspecified atom stereocenters. The molecule has 0 fully saturated rings. The lowest BCUT2D eigenvalue weighted by Gasteiger charge is -2.13. The topological polar surface area (TPSA) is 39.9 Å². The Morgan fingerprint density at radius 1 is 1.05 bits per heavy atom. The summed E-state index contributed by atoms with van der Waals surface area (Å²) in [5.74, 6) is 1.89. The molecule has 0 atom stereocenters. The van der Waals surface area contributed by atoms with Crippen LogP contribution in [-0.4, -0.2) is 21.1 Å². The average molecular weight is 293 g/mol. The molecular formula is C18H19N3O. The molecule has 3 rings (SSSR count). The van der Waals surface area contributed by atoms with E-state index in [-0.39, 0.29) is 0 Å². The van der Waals surface area contributed by atoms with Crippen molar-refractivity contribution in [2.24, 2.45) is 0 Å². The zero-order chi connectivity index (χ0) is 15.4. The van der Waals surface area contributed by atoms with Crippen LogP contribution >= 0.6 is 0 Å². The number of aryl methyl sites for hydroxylation is 2. The first-order valence-corrected chi connectivity index (χ1v) is 7.36. The fraction of sp³-hybridized carbons (Fsp3) is 0.222. The van der Waals surface area contributed by atoms with Crippen molar-refractivity contribution in [2.75, 3.05) is 6.61 Å². The van der Waals surface area contributed by atoms with Crippen molar-refractivity contribution in [3.05, 3.63) is 66.2 Å². The highest BCUT2D eigenvalue weighted by atomic mass is 16.5. The van der Waals surface area contributed by atoms with Crippen LogP contribution in [0.5, 0.6) is 5.75 Å². The van der Waals surface area contributed by atoms with Crippen LogP contribution in [-0.2, 0) is 6.54 Å². The largest absolute Gasteiger partial charge is 0.491 e. The Kier molecular flexibility index (Phi) is 4.19. The van der Waals surface area contributed by atoms with Crippen LogP contribution in [0.1, 0.15) is 11.1 Å². The van der Waals surface area contributed by atoms with E-state index in [0.717, 1.165) is 34.8 Å². The van der Waals surface area contributed by atoms with Gasteiger partial charge in [-0.05, 0) is 37.1 Å². The van der Waals surface area contributed by atoms with Crippen LogP contribution in [0.3, 0.4) is 0 Å². The predicted molar refractivity (Wildman–Crippen MR) is 86.9 cm³/mol. The maximum Gasteiger partial charge on any atom is 0.141 e. The Morgan fingerprint density at radius 2 is 1.86 bits per heavy atom. The number of benzene rings is 1. The van der Waals surface area contributed by atoms with Crippen LogP contribution in [0.25, 0.3) is 11.4 Å². The van der Waals surface area contributed by atoms with Gasteiger partial charge in [-0.15, -0.1) is 0 Å². The Hall–Kier alpha value is -2.62. The van der Waals surface area contributed by atoms with E-state index in [0.29, 0.717) is 6.61 Å². The molecule has 0 radical (unpaired) electrons. The third-order valence-corrected chi connectivity index (χ3v) is 3.62. The van der Waals surface area contributed by atoms with E-state index >= 15 is 0 Å². The zero-order valence-corrected chi connectivity index (χ0v) is 12.9. The van der Waals surface area contributed by atoms with Gasteiger partial charge in [0.25, 0.3) is 0 Å². The first-order valence-electron chi connectivity index (χ1n) is 7.36. The molecule has 4 nitrogen and oxygen atoms in total. The van der Waals surface area contributed by atoms with Crippen molar-refractivity contribution in [3.63, 3.8) is 0 Å². The summed E-state index contributed by atoms with van der Waals surface area (Å²) in [5, 5.41) is 0. The summed E-state index contributed by atoms with van der Waals surface area (Å²) in [6.45, 7) is 5.49. The van der Waals surface area contributed by atoms with Gasteiger partial charge in [0, 0.05) is 30.4 Å². The minimum Gasteiger partial charge on any atom is -0.491 e. The van der Waals surface area contributed by atoms with Crippen molar-refractivity contribution < 1.29 is 4.74 Å². The first-order chi connectivity index (χ1) is 10.8. The molecule has 4 heteroatoms. The van der Waals surface area contributed by atoms with Crippen molar-refractivity contribution >= 4 is 0 Å². The van der Waals surface area contributed by atoms with Crippen molar-refractivity contribution in [1.29, 1.82) is 0 Å². The SMILES string of the molecule is Cc1cccc(C)c1OCCn1ccnc1-c1cccnc1. The van der Waals surface area contributed by atoms with Gasteiger partial charge >= 0.3 is 0 Å². The van der Waals surface area contributed by atoms with E-state index in [4.69, 9.17) is 4.74 Å². The molecule has 0 aliphatic rings. The highest BCUT2D eigenvalue weighted by Gasteiger charge is 2.07. The second kappa shape index (κ2) is 6.43. The number of hydrogen-bond acceptors (Lipinski definition) is 3. The number of para-hydroxylation sites is 1. The smallest absolute Gasteiger partial charge is 0.141 e. The Bertz CT molecular complexity index is 730. The molecule has 22 heavy (non-hydrogen) atoms. The molecule has 0 N–H and O–H groups in total. The van der Waals surface area contributed by atoms with Crippen molar-refractivity contribution in [1.82, 2.24) is 14.5 Å². The van der Waals surface area contributed by atoms with Gasteiger partial charge in [0.05, 0.1) is 6.54 Å². The standard InChI is InChI=1S/C18H19N3O/c1-14-5-3-6-15(2)17(14)22-12-11-21-10-9-20-18(21)16-7-4-8-19-13-16/h3-10,13H,11-12H2,1-2H3. The monoisotopic (exact) mass is 293 g/mol. The van der Waals surface area contributed by atoms with Crippen molar-refractivity contribution in [3.8, 4) is 17.1 Å². The minimum absolute atomic E-state index is 0.606. The van der Waals surface area contributed by atoms with Crippen LogP contribution in [0.15, 0.2) is 55.1 Å². The summed E-state index contributed by atoms with van der Waals surface area (Å²) in [5.41, 5.74) is 3.34. The lowest BCUT2D eigenvalue weighted by atomic mass is 10.1. The van der Waals surface area contributed by atoms with Crippen LogP contribution in [0.4, 0.5) is 0 Å². The van der Waals surface area contributed by atoms with Gasteiger partial charge in [0.1, 0.15) is 18.2 Å². The van der Waals surface area contributed by atoms with E-state index in [1.165, 1.54) is 0 Å². The van der Waals surface area contributed by atoms with Crippen LogP contribution < -0.4 is 4.74 Å². The molecule has 0 spiro atoms. The van der Waals surface area contributed by atoms with Gasteiger partial charge in [0.2, 0.25) is 0 Å². The number of nitrogens with zero attached hydrogens (tertiary/aromatic N) is 3. The zero-order valence-electron chi connectivity index (χ0n) is 12.9. The number of hydrogen-bond donors (Lipinski definition) is 0. The van der Waals surface area contributed by atoms with E-state index < -0.39 is 0 Å². The van der Waals surface area contributed by atoms with Gasteiger partial charge in [-0.1, -0.05) is 18.2 Å². The van der Waals surface area contributed by atoms with E-state index in [9.17, 15) is 0 Å². The van der Waals surface area contributed by atoms with Crippen molar-refractivity contribution in [2.45, 2.75) is 20.4 Å². The van der Waals surface area contributed by atoms with Gasteiger partial charge in [-0.2, -0.15) is 0 Å². The van der Waals surface area contributed by atoms with E-state index in [1.807, 2.05) is 30.6 Å². The molecule has 2 heterocycles. The number of ether oxygens (including phenoxy) is 1. The first kappa shape index (κ1) is 14.3. The summed E-state index contributed by atoms with van der Waals surface area (Å²) in [7, 11) is 0. The number of rotatable bonds is 5. The van der Waals surface area contributed by atoms with Gasteiger partial charge < -0.3 is 9.30 Å². The fourth-order valence-electron chi connectivity index (χ4n) is 2.52. The summed E-state index contributed by atoms with van der Waals surface area (Å²) < 4.78 is 8.06. The highest BCUT2D eigenvalue weighted by Crippen LogP contribution is 2.22. The Balaban J connectivity index is 1.70. The maximum atomic E-state index is 5.97. The van der Waals surface area contributed by atoms with E-state index in [1.54, 1.807) is 12.4 Å². The molecule has 0 saturated heterocycles. The third kappa shape index (κ3) is 3.01. The fourth-order valence-corrected chi connectivity index (χ4v) is 2.52. The van der Waals surface area contributed by atoms with Crippen LogP contribution in [0, 0.1) is 13.8 Å². The maximum absolute atomic E-state index is 5.97. The average Bonchev–Trinajstić information content (AvgIpc) is 2.99. The van der Waals surface area contributed by atoms with Gasteiger partial charge in [-0.3, -0.25) is 4.98 Å². The second-order valence-electron chi connectivity index (χ2n) is 5.26. The number of aromatic nitrogens is 3. The lowest BCUT2D eigenvalue weighted by Crippen LogP contribution is -2.10. The number of imidazole rings is 1. The Labute approximate surface area is 130 Å². The summed E-state index contributed by atoms with van der Waals surface area (Å²) in [6, 6.07) is 10.1. The number of pyridine rings is 1. The molecule has 0 aliphatic heterocycles. The molecule has 0 saturated carbocycles.